The molecule has 2 rings (SSSR count). The number of amides is 1. The van der Waals surface area contributed by atoms with E-state index in [4.69, 9.17) is 0 Å². The second kappa shape index (κ2) is 6.71. The molecule has 1 heterocycles. The molecule has 1 aromatic rings. The van der Waals surface area contributed by atoms with Crippen molar-refractivity contribution in [3.05, 3.63) is 48.6 Å². The Bertz CT molecular complexity index is 449. The van der Waals surface area contributed by atoms with E-state index in [1.807, 2.05) is 48.2 Å². The van der Waals surface area contributed by atoms with Gasteiger partial charge in [-0.25, -0.2) is 0 Å². The van der Waals surface area contributed by atoms with Crippen molar-refractivity contribution in [1.29, 1.82) is 0 Å². The highest BCUT2D eigenvalue weighted by Gasteiger charge is 2.33. The summed E-state index contributed by atoms with van der Waals surface area (Å²) in [5.74, 6) is 0.251. The van der Waals surface area contributed by atoms with E-state index < -0.39 is 0 Å². The number of likely N-dealkylation sites (N-methyl/N-ethyl adjacent to an activating group) is 1. The molecule has 1 amide bonds. The van der Waals surface area contributed by atoms with E-state index >= 15 is 0 Å². The third kappa shape index (κ3) is 3.10. The van der Waals surface area contributed by atoms with Gasteiger partial charge in [-0.15, -0.1) is 6.58 Å². The van der Waals surface area contributed by atoms with Crippen LogP contribution in [0.25, 0.3) is 0 Å². The first-order valence-electron chi connectivity index (χ1n) is 7.28. The van der Waals surface area contributed by atoms with Crippen LogP contribution in [-0.2, 0) is 4.79 Å². The van der Waals surface area contributed by atoms with E-state index in [2.05, 4.69) is 18.7 Å². The maximum absolute atomic E-state index is 12.8. The summed E-state index contributed by atoms with van der Waals surface area (Å²) in [6.45, 7) is 5.73. The molecule has 2 atom stereocenters. The zero-order chi connectivity index (χ0) is 14.5. The van der Waals surface area contributed by atoms with Gasteiger partial charge in [0, 0.05) is 19.0 Å². The zero-order valence-electron chi connectivity index (χ0n) is 12.5. The number of hydrogen-bond donors (Lipinski definition) is 0. The van der Waals surface area contributed by atoms with Crippen molar-refractivity contribution in [2.75, 3.05) is 27.2 Å². The van der Waals surface area contributed by atoms with Gasteiger partial charge >= 0.3 is 0 Å². The van der Waals surface area contributed by atoms with E-state index in [1.165, 1.54) is 0 Å². The normalized spacial score (nSPS) is 18.1. The van der Waals surface area contributed by atoms with Crippen molar-refractivity contribution in [2.24, 2.45) is 0 Å². The first-order valence-corrected chi connectivity index (χ1v) is 7.28. The smallest absolute Gasteiger partial charge is 0.240 e. The highest BCUT2D eigenvalue weighted by Crippen LogP contribution is 2.26. The van der Waals surface area contributed by atoms with Gasteiger partial charge in [-0.1, -0.05) is 36.4 Å². The topological polar surface area (TPSA) is 23.6 Å². The van der Waals surface area contributed by atoms with Crippen LogP contribution in [-0.4, -0.2) is 48.9 Å². The fourth-order valence-electron chi connectivity index (χ4n) is 2.94. The quantitative estimate of drug-likeness (QED) is 0.769. The number of nitrogens with zero attached hydrogens (tertiary/aromatic N) is 2. The van der Waals surface area contributed by atoms with Gasteiger partial charge in [0.2, 0.25) is 5.91 Å². The Morgan fingerprint density at radius 2 is 1.85 bits per heavy atom. The molecule has 1 aliphatic rings. The maximum atomic E-state index is 12.8. The Balaban J connectivity index is 2.26. The Hall–Kier alpha value is -1.61. The molecular formula is C17H24N2O. The fourth-order valence-corrected chi connectivity index (χ4v) is 2.94. The summed E-state index contributed by atoms with van der Waals surface area (Å²) in [5.41, 5.74) is 1.15. The summed E-state index contributed by atoms with van der Waals surface area (Å²) in [6.07, 6.45) is 4.14. The van der Waals surface area contributed by atoms with Gasteiger partial charge < -0.3 is 4.90 Å². The molecular weight excluding hydrogens is 248 g/mol. The SMILES string of the molecule is C=C[C@H](c1ccccc1)[C@@H](C(=O)N1CCCC1)N(C)C. The fraction of sp³-hybridized carbons (Fsp3) is 0.471. The first-order chi connectivity index (χ1) is 9.65. The summed E-state index contributed by atoms with van der Waals surface area (Å²) in [5, 5.41) is 0. The average Bonchev–Trinajstić information content (AvgIpc) is 2.98. The van der Waals surface area contributed by atoms with Crippen LogP contribution >= 0.6 is 0 Å². The second-order valence-electron chi connectivity index (χ2n) is 5.61. The molecule has 1 fully saturated rings. The van der Waals surface area contributed by atoms with Crippen molar-refractivity contribution in [1.82, 2.24) is 9.80 Å². The van der Waals surface area contributed by atoms with Gasteiger partial charge in [-0.2, -0.15) is 0 Å². The highest BCUT2D eigenvalue weighted by atomic mass is 16.2. The van der Waals surface area contributed by atoms with Gasteiger partial charge in [0.15, 0.2) is 0 Å². The number of carbonyl (C=O) groups excluding carboxylic acids is 1. The molecule has 0 aromatic heterocycles. The lowest BCUT2D eigenvalue weighted by molar-refractivity contribution is -0.135. The Morgan fingerprint density at radius 3 is 2.35 bits per heavy atom. The summed E-state index contributed by atoms with van der Waals surface area (Å²) >= 11 is 0. The summed E-state index contributed by atoms with van der Waals surface area (Å²) in [4.78, 5) is 16.8. The molecule has 3 heteroatoms. The molecule has 20 heavy (non-hydrogen) atoms. The van der Waals surface area contributed by atoms with E-state index in [9.17, 15) is 4.79 Å². The molecule has 0 bridgehead atoms. The summed E-state index contributed by atoms with van der Waals surface area (Å²) in [7, 11) is 3.94. The predicted molar refractivity (Wildman–Crippen MR) is 82.7 cm³/mol. The molecule has 0 radical (unpaired) electrons. The van der Waals surface area contributed by atoms with Crippen LogP contribution in [0.2, 0.25) is 0 Å². The van der Waals surface area contributed by atoms with E-state index in [1.54, 1.807) is 0 Å². The molecule has 3 nitrogen and oxygen atoms in total. The zero-order valence-corrected chi connectivity index (χ0v) is 12.5. The van der Waals surface area contributed by atoms with Crippen molar-refractivity contribution in [3.8, 4) is 0 Å². The lowest BCUT2D eigenvalue weighted by Gasteiger charge is -2.33. The molecule has 0 spiro atoms. The lowest BCUT2D eigenvalue weighted by atomic mass is 9.90. The standard InChI is InChI=1S/C17H24N2O/c1-4-15(14-10-6-5-7-11-14)16(18(2)3)17(20)19-12-8-9-13-19/h4-7,10-11,15-16H,1,8-9,12-13H2,2-3H3/t15-,16+/m1/s1. The molecule has 108 valence electrons. The lowest BCUT2D eigenvalue weighted by Crippen LogP contribution is -2.47. The number of benzene rings is 1. The van der Waals surface area contributed by atoms with Crippen molar-refractivity contribution >= 4 is 5.91 Å². The van der Waals surface area contributed by atoms with Gasteiger partial charge in [-0.3, -0.25) is 9.69 Å². The van der Waals surface area contributed by atoms with E-state index in [0.717, 1.165) is 31.5 Å². The molecule has 1 aliphatic heterocycles. The minimum Gasteiger partial charge on any atom is -0.341 e. The highest BCUT2D eigenvalue weighted by molar-refractivity contribution is 5.83. The van der Waals surface area contributed by atoms with Gasteiger partial charge in [0.05, 0.1) is 6.04 Å². The predicted octanol–water partition coefficient (Wildman–Crippen LogP) is 2.51. The van der Waals surface area contributed by atoms with Crippen LogP contribution in [0.5, 0.6) is 0 Å². The minimum absolute atomic E-state index is 0.0271. The second-order valence-corrected chi connectivity index (χ2v) is 5.61. The Labute approximate surface area is 121 Å². The number of hydrogen-bond acceptors (Lipinski definition) is 2. The average molecular weight is 272 g/mol. The van der Waals surface area contributed by atoms with Gasteiger partial charge in [0.25, 0.3) is 0 Å². The number of likely N-dealkylation sites (tertiary alicyclic amines) is 1. The monoisotopic (exact) mass is 272 g/mol. The van der Waals surface area contributed by atoms with Crippen LogP contribution in [0.1, 0.15) is 24.3 Å². The van der Waals surface area contributed by atoms with Crippen molar-refractivity contribution in [3.63, 3.8) is 0 Å². The molecule has 1 saturated heterocycles. The summed E-state index contributed by atoms with van der Waals surface area (Å²) < 4.78 is 0. The molecule has 0 saturated carbocycles. The third-order valence-corrected chi connectivity index (χ3v) is 4.01. The number of carbonyl (C=O) groups is 1. The minimum atomic E-state index is -0.173. The largest absolute Gasteiger partial charge is 0.341 e. The van der Waals surface area contributed by atoms with Crippen molar-refractivity contribution in [2.45, 2.75) is 24.8 Å². The first kappa shape index (κ1) is 14.8. The van der Waals surface area contributed by atoms with Crippen LogP contribution in [0.4, 0.5) is 0 Å². The van der Waals surface area contributed by atoms with Crippen molar-refractivity contribution < 1.29 is 4.79 Å². The number of rotatable bonds is 5. The Morgan fingerprint density at radius 1 is 1.25 bits per heavy atom. The molecule has 0 aliphatic carbocycles. The van der Waals surface area contributed by atoms with Gasteiger partial charge in [-0.05, 0) is 32.5 Å². The molecule has 0 N–H and O–H groups in total. The van der Waals surface area contributed by atoms with Crippen LogP contribution < -0.4 is 0 Å². The van der Waals surface area contributed by atoms with E-state index in [-0.39, 0.29) is 17.9 Å². The summed E-state index contributed by atoms with van der Waals surface area (Å²) in [6, 6.07) is 9.99. The molecule has 0 unspecified atom stereocenters. The Kier molecular flexibility index (Phi) is 4.96. The van der Waals surface area contributed by atoms with E-state index in [0.29, 0.717) is 0 Å². The van der Waals surface area contributed by atoms with Crippen LogP contribution in [0.15, 0.2) is 43.0 Å². The van der Waals surface area contributed by atoms with Crippen LogP contribution in [0.3, 0.4) is 0 Å². The maximum Gasteiger partial charge on any atom is 0.240 e. The van der Waals surface area contributed by atoms with Gasteiger partial charge in [0.1, 0.15) is 0 Å². The molecule has 1 aromatic carbocycles. The third-order valence-electron chi connectivity index (χ3n) is 4.01. The van der Waals surface area contributed by atoms with Crippen LogP contribution in [0, 0.1) is 0 Å².